The number of amides is 1. The van der Waals surface area contributed by atoms with E-state index < -0.39 is 0 Å². The molecule has 4 aliphatic rings. The van der Waals surface area contributed by atoms with Crippen molar-refractivity contribution in [3.63, 3.8) is 0 Å². The van der Waals surface area contributed by atoms with Crippen molar-refractivity contribution in [1.82, 2.24) is 9.88 Å². The molecule has 0 bridgehead atoms. The van der Waals surface area contributed by atoms with E-state index in [0.717, 1.165) is 31.6 Å². The quantitative estimate of drug-likeness (QED) is 0.669. The number of nitrogens with zero attached hydrogens (tertiary/aromatic N) is 2. The lowest BCUT2D eigenvalue weighted by molar-refractivity contribution is -0.136. The number of pyridine rings is 1. The van der Waals surface area contributed by atoms with E-state index in [0.29, 0.717) is 30.1 Å². The molecule has 1 saturated carbocycles. The Bertz CT molecular complexity index is 935. The number of aromatic nitrogens is 1. The largest absolute Gasteiger partial charge is 0.495 e. The van der Waals surface area contributed by atoms with Crippen molar-refractivity contribution in [1.29, 1.82) is 0 Å². The molecule has 160 valence electrons. The highest BCUT2D eigenvalue weighted by Crippen LogP contribution is 2.66. The second kappa shape index (κ2) is 6.96. The SMILES string of the molecule is CCN1C(=O)CCC2(C)C1=CC[C@H]1[C@H]3CC=C(c4cncc(OC)c4)C3(C)CC[C@@H]12. The Morgan fingerprint density at radius 1 is 1.13 bits per heavy atom. The number of carbonyl (C=O) groups is 1. The summed E-state index contributed by atoms with van der Waals surface area (Å²) >= 11 is 0. The van der Waals surface area contributed by atoms with Crippen molar-refractivity contribution in [3.05, 3.63) is 41.9 Å². The third-order valence-electron chi connectivity index (χ3n) is 9.03. The van der Waals surface area contributed by atoms with Gasteiger partial charge in [0.2, 0.25) is 5.91 Å². The average molecular weight is 407 g/mol. The number of carbonyl (C=O) groups excluding carboxylic acids is 1. The maximum Gasteiger partial charge on any atom is 0.226 e. The number of fused-ring (bicyclic) bond motifs is 5. The molecule has 1 aromatic heterocycles. The molecule has 5 atom stereocenters. The van der Waals surface area contributed by atoms with E-state index in [1.54, 1.807) is 13.3 Å². The topological polar surface area (TPSA) is 42.4 Å². The highest BCUT2D eigenvalue weighted by atomic mass is 16.5. The summed E-state index contributed by atoms with van der Waals surface area (Å²) in [7, 11) is 1.71. The molecule has 30 heavy (non-hydrogen) atoms. The van der Waals surface area contributed by atoms with Gasteiger partial charge in [-0.2, -0.15) is 0 Å². The van der Waals surface area contributed by atoms with Crippen LogP contribution < -0.4 is 4.74 Å². The normalized spacial score (nSPS) is 37.7. The van der Waals surface area contributed by atoms with Crippen LogP contribution >= 0.6 is 0 Å². The van der Waals surface area contributed by atoms with E-state index in [-0.39, 0.29) is 10.8 Å². The van der Waals surface area contributed by atoms with Gasteiger partial charge in [-0.25, -0.2) is 0 Å². The second-order valence-corrected chi connectivity index (χ2v) is 10.2. The minimum absolute atomic E-state index is 0.147. The van der Waals surface area contributed by atoms with E-state index in [9.17, 15) is 4.79 Å². The molecule has 5 rings (SSSR count). The number of hydrogen-bond acceptors (Lipinski definition) is 3. The molecule has 4 nitrogen and oxygen atoms in total. The predicted molar refractivity (Wildman–Crippen MR) is 119 cm³/mol. The second-order valence-electron chi connectivity index (χ2n) is 10.2. The van der Waals surface area contributed by atoms with Gasteiger partial charge in [0, 0.05) is 30.3 Å². The van der Waals surface area contributed by atoms with Crippen LogP contribution in [0, 0.1) is 28.6 Å². The zero-order valence-corrected chi connectivity index (χ0v) is 18.8. The monoisotopic (exact) mass is 406 g/mol. The van der Waals surface area contributed by atoms with Gasteiger partial charge >= 0.3 is 0 Å². The Morgan fingerprint density at radius 3 is 2.73 bits per heavy atom. The summed E-state index contributed by atoms with van der Waals surface area (Å²) in [5.74, 6) is 3.18. The standard InChI is InChI=1S/C26H34N2O2/c1-5-28-23-9-6-19-21-8-7-20(17-14-18(30-4)16-27-15-17)25(21,2)12-10-22(19)26(23,3)13-11-24(28)29/h7,9,14-16,19,21-22H,5-6,8,10-13H2,1-4H3/t19-,21+,22-,25?,26?/m0/s1. The number of ether oxygens (including phenoxy) is 1. The molecule has 3 aliphatic carbocycles. The fourth-order valence-corrected chi connectivity index (χ4v) is 7.49. The minimum Gasteiger partial charge on any atom is -0.495 e. The van der Waals surface area contributed by atoms with Crippen LogP contribution in [-0.2, 0) is 4.79 Å². The fraction of sp³-hybridized carbons (Fsp3) is 0.615. The summed E-state index contributed by atoms with van der Waals surface area (Å²) in [4.78, 5) is 19.0. The van der Waals surface area contributed by atoms with E-state index in [1.807, 2.05) is 6.20 Å². The zero-order chi connectivity index (χ0) is 21.1. The zero-order valence-electron chi connectivity index (χ0n) is 18.8. The highest BCUT2D eigenvalue weighted by Gasteiger charge is 2.57. The molecule has 1 saturated heterocycles. The van der Waals surface area contributed by atoms with Crippen LogP contribution in [0.5, 0.6) is 5.75 Å². The van der Waals surface area contributed by atoms with Crippen molar-refractivity contribution in [2.24, 2.45) is 28.6 Å². The Morgan fingerprint density at radius 2 is 1.97 bits per heavy atom. The number of likely N-dealkylation sites (tertiary alicyclic amines) is 1. The molecule has 1 amide bonds. The molecule has 4 heteroatoms. The van der Waals surface area contributed by atoms with Gasteiger partial charge in [-0.3, -0.25) is 9.78 Å². The molecule has 2 heterocycles. The number of allylic oxidation sites excluding steroid dienone is 4. The average Bonchev–Trinajstić information content (AvgIpc) is 3.11. The number of rotatable bonds is 3. The first-order valence-electron chi connectivity index (χ1n) is 11.6. The van der Waals surface area contributed by atoms with Crippen molar-refractivity contribution in [2.45, 2.75) is 59.3 Å². The van der Waals surface area contributed by atoms with Crippen LogP contribution in [0.3, 0.4) is 0 Å². The Balaban J connectivity index is 1.48. The first kappa shape index (κ1) is 19.8. The maximum absolute atomic E-state index is 12.5. The Labute approximate surface area is 180 Å². The molecule has 1 aromatic rings. The number of methoxy groups -OCH3 is 1. The van der Waals surface area contributed by atoms with Gasteiger partial charge in [0.25, 0.3) is 0 Å². The lowest BCUT2D eigenvalue weighted by Crippen LogP contribution is -2.53. The minimum atomic E-state index is 0.147. The van der Waals surface area contributed by atoms with Crippen LogP contribution in [0.25, 0.3) is 5.57 Å². The predicted octanol–water partition coefficient (Wildman–Crippen LogP) is 5.46. The van der Waals surface area contributed by atoms with E-state index in [1.165, 1.54) is 29.7 Å². The molecular formula is C26H34N2O2. The van der Waals surface area contributed by atoms with Crippen LogP contribution in [0.4, 0.5) is 0 Å². The summed E-state index contributed by atoms with van der Waals surface area (Å²) < 4.78 is 5.44. The molecule has 0 radical (unpaired) electrons. The first-order valence-corrected chi connectivity index (χ1v) is 11.6. The molecule has 0 spiro atoms. The van der Waals surface area contributed by atoms with Crippen LogP contribution in [0.2, 0.25) is 0 Å². The van der Waals surface area contributed by atoms with Crippen LogP contribution in [0.15, 0.2) is 36.3 Å². The first-order chi connectivity index (χ1) is 14.4. The van der Waals surface area contributed by atoms with Crippen LogP contribution in [-0.4, -0.2) is 29.4 Å². The van der Waals surface area contributed by atoms with Gasteiger partial charge < -0.3 is 9.64 Å². The summed E-state index contributed by atoms with van der Waals surface area (Å²) in [6.45, 7) is 7.84. The molecule has 2 unspecified atom stereocenters. The molecular weight excluding hydrogens is 372 g/mol. The lowest BCUT2D eigenvalue weighted by Gasteiger charge is -2.58. The van der Waals surface area contributed by atoms with Crippen molar-refractivity contribution < 1.29 is 9.53 Å². The Hall–Kier alpha value is -2.10. The van der Waals surface area contributed by atoms with Crippen molar-refractivity contribution >= 4 is 11.5 Å². The summed E-state index contributed by atoms with van der Waals surface area (Å²) in [5.41, 5.74) is 4.36. The van der Waals surface area contributed by atoms with Gasteiger partial charge in [0.05, 0.1) is 13.3 Å². The summed E-state index contributed by atoms with van der Waals surface area (Å²) in [6.07, 6.45) is 15.1. The Kier molecular flexibility index (Phi) is 4.61. The third-order valence-corrected chi connectivity index (χ3v) is 9.03. The third kappa shape index (κ3) is 2.65. The van der Waals surface area contributed by atoms with Crippen molar-refractivity contribution in [2.75, 3.05) is 13.7 Å². The fourth-order valence-electron chi connectivity index (χ4n) is 7.49. The van der Waals surface area contributed by atoms with E-state index in [4.69, 9.17) is 4.74 Å². The van der Waals surface area contributed by atoms with Gasteiger partial charge in [-0.1, -0.05) is 26.0 Å². The summed E-state index contributed by atoms with van der Waals surface area (Å²) in [6, 6.07) is 2.14. The van der Waals surface area contributed by atoms with Gasteiger partial charge in [0.15, 0.2) is 0 Å². The molecule has 0 aromatic carbocycles. The van der Waals surface area contributed by atoms with Gasteiger partial charge in [0.1, 0.15) is 5.75 Å². The number of hydrogen-bond donors (Lipinski definition) is 0. The van der Waals surface area contributed by atoms with Crippen LogP contribution in [0.1, 0.15) is 64.9 Å². The van der Waals surface area contributed by atoms with Gasteiger partial charge in [-0.15, -0.1) is 0 Å². The van der Waals surface area contributed by atoms with Gasteiger partial charge in [-0.05, 0) is 79.4 Å². The van der Waals surface area contributed by atoms with E-state index >= 15 is 0 Å². The molecule has 0 N–H and O–H groups in total. The molecule has 2 fully saturated rings. The lowest BCUT2D eigenvalue weighted by atomic mass is 9.49. The maximum atomic E-state index is 12.5. The van der Waals surface area contributed by atoms with E-state index in [2.05, 4.69) is 48.9 Å². The number of piperidine rings is 1. The molecule has 1 aliphatic heterocycles. The van der Waals surface area contributed by atoms with Crippen molar-refractivity contribution in [3.8, 4) is 5.75 Å². The smallest absolute Gasteiger partial charge is 0.226 e. The summed E-state index contributed by atoms with van der Waals surface area (Å²) in [5, 5.41) is 0. The highest BCUT2D eigenvalue weighted by molar-refractivity contribution is 5.80.